The van der Waals surface area contributed by atoms with Gasteiger partial charge in [-0.3, -0.25) is 4.68 Å². The number of hydrogen-bond donors (Lipinski definition) is 0. The van der Waals surface area contributed by atoms with E-state index in [0.717, 1.165) is 6.20 Å². The molecule has 2 heterocycles. The largest absolute Gasteiger partial charge is 0.437 e. The van der Waals surface area contributed by atoms with Crippen molar-refractivity contribution in [3.05, 3.63) is 29.7 Å². The molecule has 0 aliphatic heterocycles. The Balaban J connectivity index is 2.16. The van der Waals surface area contributed by atoms with Crippen LogP contribution in [-0.2, 0) is 11.4 Å². The molecule has 0 amide bonds. The average molecular weight is 317 g/mol. The number of halogens is 3. The number of rotatable bonds is 5. The molecule has 2 rings (SSSR count). The second-order valence-electron chi connectivity index (χ2n) is 4.75. The molecule has 0 aliphatic carbocycles. The SMILES string of the molecule is Cc1noc(CO/N=C(/c2cnn(C(C)C)c2)C(F)(F)F)n1. The van der Waals surface area contributed by atoms with E-state index in [4.69, 9.17) is 4.52 Å². The standard InChI is InChI=1S/C12H14F3N5O2/c1-7(2)20-5-9(4-16-20)11(12(13,14)15)19-21-6-10-17-8(3)18-22-10/h4-5,7H,6H2,1-3H3/b19-11-. The number of alkyl halides is 3. The van der Waals surface area contributed by atoms with Crippen molar-refractivity contribution in [1.29, 1.82) is 0 Å². The molecule has 0 saturated heterocycles. The summed E-state index contributed by atoms with van der Waals surface area (Å²) in [6.07, 6.45) is -2.32. The van der Waals surface area contributed by atoms with Crippen LogP contribution in [0.3, 0.4) is 0 Å². The molecular weight excluding hydrogens is 303 g/mol. The van der Waals surface area contributed by atoms with Crippen LogP contribution >= 0.6 is 0 Å². The predicted molar refractivity (Wildman–Crippen MR) is 69.0 cm³/mol. The Morgan fingerprint density at radius 1 is 1.45 bits per heavy atom. The van der Waals surface area contributed by atoms with Gasteiger partial charge in [-0.15, -0.1) is 0 Å². The minimum Gasteiger partial charge on any atom is -0.385 e. The van der Waals surface area contributed by atoms with Crippen LogP contribution in [0, 0.1) is 6.92 Å². The molecule has 0 bridgehead atoms. The first-order chi connectivity index (χ1) is 10.3. The molecule has 2 aromatic heterocycles. The number of aromatic nitrogens is 4. The van der Waals surface area contributed by atoms with E-state index in [0.29, 0.717) is 5.82 Å². The fourth-order valence-electron chi connectivity index (χ4n) is 1.56. The molecule has 7 nitrogen and oxygen atoms in total. The van der Waals surface area contributed by atoms with Crippen molar-refractivity contribution in [2.75, 3.05) is 0 Å². The molecule has 10 heteroatoms. The second kappa shape index (κ2) is 6.16. The van der Waals surface area contributed by atoms with Gasteiger partial charge in [-0.2, -0.15) is 23.3 Å². The van der Waals surface area contributed by atoms with Crippen LogP contribution in [0.4, 0.5) is 13.2 Å². The maximum atomic E-state index is 13.0. The van der Waals surface area contributed by atoms with Crippen LogP contribution in [-0.4, -0.2) is 31.8 Å². The maximum Gasteiger partial charge on any atom is 0.437 e. The topological polar surface area (TPSA) is 78.3 Å². The average Bonchev–Trinajstić information content (AvgIpc) is 3.02. The summed E-state index contributed by atoms with van der Waals surface area (Å²) in [5, 5.41) is 10.5. The van der Waals surface area contributed by atoms with Gasteiger partial charge >= 0.3 is 6.18 Å². The van der Waals surface area contributed by atoms with E-state index in [9.17, 15) is 13.2 Å². The van der Waals surface area contributed by atoms with E-state index in [2.05, 4.69) is 25.2 Å². The van der Waals surface area contributed by atoms with Crippen LogP contribution in [0.1, 0.15) is 37.2 Å². The third-order valence-electron chi connectivity index (χ3n) is 2.59. The van der Waals surface area contributed by atoms with Gasteiger partial charge in [-0.05, 0) is 20.8 Å². The van der Waals surface area contributed by atoms with Crippen LogP contribution < -0.4 is 0 Å². The highest BCUT2D eigenvalue weighted by atomic mass is 19.4. The Bertz CT molecular complexity index is 660. The predicted octanol–water partition coefficient (Wildman–Crippen LogP) is 2.64. The summed E-state index contributed by atoms with van der Waals surface area (Å²) in [5.41, 5.74) is -1.35. The zero-order valence-electron chi connectivity index (χ0n) is 12.1. The summed E-state index contributed by atoms with van der Waals surface area (Å²) in [5.74, 6) is 0.400. The fraction of sp³-hybridized carbons (Fsp3) is 0.500. The summed E-state index contributed by atoms with van der Waals surface area (Å²) in [6.45, 7) is 4.83. The zero-order valence-corrected chi connectivity index (χ0v) is 12.1. The summed E-state index contributed by atoms with van der Waals surface area (Å²) < 4.78 is 45.3. The van der Waals surface area contributed by atoms with Crippen molar-refractivity contribution in [1.82, 2.24) is 19.9 Å². The summed E-state index contributed by atoms with van der Waals surface area (Å²) in [6, 6.07) is -0.0643. The van der Waals surface area contributed by atoms with Gasteiger partial charge in [0.15, 0.2) is 18.1 Å². The number of nitrogens with zero attached hydrogens (tertiary/aromatic N) is 5. The third kappa shape index (κ3) is 3.83. The van der Waals surface area contributed by atoms with Crippen LogP contribution in [0.25, 0.3) is 0 Å². The molecule has 0 spiro atoms. The van der Waals surface area contributed by atoms with E-state index >= 15 is 0 Å². The van der Waals surface area contributed by atoms with E-state index in [1.807, 2.05) is 0 Å². The molecule has 120 valence electrons. The Hall–Kier alpha value is -2.39. The van der Waals surface area contributed by atoms with Crippen molar-refractivity contribution in [2.24, 2.45) is 5.16 Å². The molecule has 0 radical (unpaired) electrons. The number of aryl methyl sites for hydroxylation is 1. The first-order valence-electron chi connectivity index (χ1n) is 6.38. The Kier molecular flexibility index (Phi) is 4.48. The van der Waals surface area contributed by atoms with Gasteiger partial charge in [0.25, 0.3) is 5.89 Å². The van der Waals surface area contributed by atoms with Gasteiger partial charge in [0, 0.05) is 17.8 Å². The van der Waals surface area contributed by atoms with Crippen LogP contribution in [0.15, 0.2) is 22.1 Å². The first-order valence-corrected chi connectivity index (χ1v) is 6.38. The molecule has 0 unspecified atom stereocenters. The molecule has 2 aromatic rings. The third-order valence-corrected chi connectivity index (χ3v) is 2.59. The minimum absolute atomic E-state index is 0.0423. The van der Waals surface area contributed by atoms with Gasteiger partial charge in [0.2, 0.25) is 0 Å². The fourth-order valence-corrected chi connectivity index (χ4v) is 1.56. The highest BCUT2D eigenvalue weighted by Gasteiger charge is 2.38. The van der Waals surface area contributed by atoms with Crippen molar-refractivity contribution in [2.45, 2.75) is 39.6 Å². The highest BCUT2D eigenvalue weighted by molar-refractivity contribution is 6.03. The van der Waals surface area contributed by atoms with Gasteiger partial charge in [-0.25, -0.2) is 0 Å². The maximum absolute atomic E-state index is 13.0. The number of hydrogen-bond acceptors (Lipinski definition) is 6. The summed E-state index contributed by atoms with van der Waals surface area (Å²) in [7, 11) is 0. The Labute approximate surface area is 123 Å². The van der Waals surface area contributed by atoms with Crippen molar-refractivity contribution >= 4 is 5.71 Å². The van der Waals surface area contributed by atoms with E-state index in [1.165, 1.54) is 10.9 Å². The van der Waals surface area contributed by atoms with Crippen molar-refractivity contribution in [3.63, 3.8) is 0 Å². The van der Waals surface area contributed by atoms with Gasteiger partial charge in [0.1, 0.15) is 0 Å². The Morgan fingerprint density at radius 3 is 2.68 bits per heavy atom. The van der Waals surface area contributed by atoms with Crippen molar-refractivity contribution < 1.29 is 22.5 Å². The quantitative estimate of drug-likeness (QED) is 0.626. The normalized spacial score (nSPS) is 13.0. The van der Waals surface area contributed by atoms with E-state index in [1.54, 1.807) is 20.8 Å². The lowest BCUT2D eigenvalue weighted by atomic mass is 10.2. The summed E-state index contributed by atoms with van der Waals surface area (Å²) in [4.78, 5) is 8.48. The molecular formula is C12H14F3N5O2. The Morgan fingerprint density at radius 2 is 2.18 bits per heavy atom. The van der Waals surface area contributed by atoms with E-state index < -0.39 is 11.9 Å². The van der Waals surface area contributed by atoms with Crippen LogP contribution in [0.5, 0.6) is 0 Å². The van der Waals surface area contributed by atoms with Crippen LogP contribution in [0.2, 0.25) is 0 Å². The monoisotopic (exact) mass is 317 g/mol. The lowest BCUT2D eigenvalue weighted by molar-refractivity contribution is -0.0621. The zero-order chi connectivity index (χ0) is 16.3. The molecule has 0 saturated carbocycles. The van der Waals surface area contributed by atoms with Gasteiger partial charge < -0.3 is 9.36 Å². The molecule has 0 aromatic carbocycles. The molecule has 0 atom stereocenters. The second-order valence-corrected chi connectivity index (χ2v) is 4.75. The molecule has 0 N–H and O–H groups in total. The molecule has 22 heavy (non-hydrogen) atoms. The molecule has 0 aliphatic rings. The molecule has 0 fully saturated rings. The lowest BCUT2D eigenvalue weighted by Crippen LogP contribution is -2.24. The van der Waals surface area contributed by atoms with Gasteiger partial charge in [-0.1, -0.05) is 10.3 Å². The van der Waals surface area contributed by atoms with Gasteiger partial charge in [0.05, 0.1) is 6.20 Å². The smallest absolute Gasteiger partial charge is 0.385 e. The van der Waals surface area contributed by atoms with E-state index in [-0.39, 0.29) is 24.1 Å². The van der Waals surface area contributed by atoms with Crippen molar-refractivity contribution in [3.8, 4) is 0 Å². The first kappa shape index (κ1) is 16.0. The minimum atomic E-state index is -4.67. The highest BCUT2D eigenvalue weighted by Crippen LogP contribution is 2.23. The summed E-state index contributed by atoms with van der Waals surface area (Å²) >= 11 is 0. The lowest BCUT2D eigenvalue weighted by Gasteiger charge is -2.08. The number of oxime groups is 1.